The van der Waals surface area contributed by atoms with Crippen molar-refractivity contribution in [3.63, 3.8) is 0 Å². The first-order valence-corrected chi connectivity index (χ1v) is 9.43. The second-order valence-corrected chi connectivity index (χ2v) is 7.07. The lowest BCUT2D eigenvalue weighted by Crippen LogP contribution is -2.41. The number of piperidine rings is 1. The number of hydrogen-bond donors (Lipinski definition) is 2. The molecule has 2 aromatic carbocycles. The van der Waals surface area contributed by atoms with Gasteiger partial charge in [0.2, 0.25) is 5.91 Å². The molecule has 6 nitrogen and oxygen atoms in total. The number of carboxylic acid groups (broad SMARTS) is 1. The van der Waals surface area contributed by atoms with Crippen molar-refractivity contribution in [2.75, 3.05) is 19.6 Å². The average molecular weight is 380 g/mol. The van der Waals surface area contributed by atoms with Crippen LogP contribution >= 0.6 is 0 Å². The first-order valence-electron chi connectivity index (χ1n) is 9.43. The van der Waals surface area contributed by atoms with Gasteiger partial charge in [-0.3, -0.25) is 9.59 Å². The van der Waals surface area contributed by atoms with Crippen molar-refractivity contribution in [2.45, 2.75) is 19.8 Å². The molecule has 1 aliphatic heterocycles. The highest BCUT2D eigenvalue weighted by atomic mass is 16.4. The van der Waals surface area contributed by atoms with E-state index in [4.69, 9.17) is 0 Å². The van der Waals surface area contributed by atoms with Crippen LogP contribution in [0, 0.1) is 5.92 Å². The van der Waals surface area contributed by atoms with Crippen molar-refractivity contribution < 1.29 is 19.5 Å². The van der Waals surface area contributed by atoms with Crippen molar-refractivity contribution in [1.29, 1.82) is 0 Å². The van der Waals surface area contributed by atoms with Crippen LogP contribution in [0.3, 0.4) is 0 Å². The van der Waals surface area contributed by atoms with Gasteiger partial charge >= 0.3 is 5.97 Å². The lowest BCUT2D eigenvalue weighted by molar-refractivity contribution is -0.119. The maximum Gasteiger partial charge on any atom is 0.336 e. The van der Waals surface area contributed by atoms with Gasteiger partial charge in [-0.15, -0.1) is 0 Å². The van der Waals surface area contributed by atoms with Crippen LogP contribution in [0.15, 0.2) is 48.5 Å². The van der Waals surface area contributed by atoms with E-state index >= 15 is 0 Å². The van der Waals surface area contributed by atoms with Gasteiger partial charge in [-0.25, -0.2) is 4.79 Å². The van der Waals surface area contributed by atoms with Gasteiger partial charge in [0.25, 0.3) is 5.91 Å². The molecule has 1 aliphatic rings. The Hall–Kier alpha value is -3.15. The van der Waals surface area contributed by atoms with Gasteiger partial charge in [0.05, 0.1) is 5.56 Å². The van der Waals surface area contributed by atoms with Crippen LogP contribution in [0.2, 0.25) is 0 Å². The molecule has 0 aliphatic carbocycles. The molecule has 0 radical (unpaired) electrons. The van der Waals surface area contributed by atoms with Crippen LogP contribution < -0.4 is 5.32 Å². The van der Waals surface area contributed by atoms with Gasteiger partial charge < -0.3 is 15.3 Å². The summed E-state index contributed by atoms with van der Waals surface area (Å²) in [5.41, 5.74) is 1.86. The van der Waals surface area contributed by atoms with E-state index in [1.165, 1.54) is 6.92 Å². The molecule has 2 N–H and O–H groups in total. The van der Waals surface area contributed by atoms with E-state index in [0.29, 0.717) is 42.2 Å². The average Bonchev–Trinajstić information content (AvgIpc) is 2.72. The molecule has 6 heteroatoms. The topological polar surface area (TPSA) is 86.7 Å². The number of amides is 2. The molecule has 3 rings (SSSR count). The Labute approximate surface area is 164 Å². The summed E-state index contributed by atoms with van der Waals surface area (Å²) in [5.74, 6) is -0.772. The summed E-state index contributed by atoms with van der Waals surface area (Å²) in [6.07, 6.45) is 1.67. The van der Waals surface area contributed by atoms with E-state index in [1.54, 1.807) is 42.5 Å². The maximum absolute atomic E-state index is 13.2. The minimum atomic E-state index is -1.02. The van der Waals surface area contributed by atoms with Crippen LogP contribution in [0.5, 0.6) is 0 Å². The number of hydrogen-bond acceptors (Lipinski definition) is 3. The number of benzene rings is 2. The lowest BCUT2D eigenvalue weighted by atomic mass is 9.93. The fourth-order valence-electron chi connectivity index (χ4n) is 3.61. The van der Waals surface area contributed by atoms with E-state index in [-0.39, 0.29) is 17.4 Å². The molecule has 0 spiro atoms. The third kappa shape index (κ3) is 4.39. The number of carboxylic acids is 1. The Kier molecular flexibility index (Phi) is 6.09. The first-order chi connectivity index (χ1) is 13.5. The van der Waals surface area contributed by atoms with Gasteiger partial charge in [0, 0.05) is 32.1 Å². The molecular formula is C22H24N2O4. The van der Waals surface area contributed by atoms with Crippen molar-refractivity contribution in [2.24, 2.45) is 5.92 Å². The number of nitrogens with zero attached hydrogens (tertiary/aromatic N) is 1. The second kappa shape index (κ2) is 8.69. The zero-order chi connectivity index (χ0) is 20.1. The number of likely N-dealkylation sites (tertiary alicyclic amines) is 1. The lowest BCUT2D eigenvalue weighted by Gasteiger charge is -2.32. The van der Waals surface area contributed by atoms with E-state index in [0.717, 1.165) is 12.8 Å². The summed E-state index contributed by atoms with van der Waals surface area (Å²) in [6.45, 7) is 3.39. The Morgan fingerprint density at radius 3 is 2.07 bits per heavy atom. The molecule has 1 fully saturated rings. The van der Waals surface area contributed by atoms with Gasteiger partial charge in [-0.2, -0.15) is 0 Å². The fraction of sp³-hybridized carbons (Fsp3) is 0.318. The summed E-state index contributed by atoms with van der Waals surface area (Å²) in [4.78, 5) is 37.6. The minimum Gasteiger partial charge on any atom is -0.478 e. The number of nitrogens with one attached hydrogen (secondary N) is 1. The molecule has 1 saturated heterocycles. The summed E-state index contributed by atoms with van der Waals surface area (Å²) >= 11 is 0. The van der Waals surface area contributed by atoms with Crippen LogP contribution in [-0.4, -0.2) is 47.4 Å². The molecule has 28 heavy (non-hydrogen) atoms. The number of carbonyl (C=O) groups excluding carboxylic acids is 2. The highest BCUT2D eigenvalue weighted by Gasteiger charge is 2.26. The van der Waals surface area contributed by atoms with Gasteiger partial charge in [-0.05, 0) is 42.0 Å². The summed E-state index contributed by atoms with van der Waals surface area (Å²) < 4.78 is 0. The van der Waals surface area contributed by atoms with Crippen LogP contribution in [0.1, 0.15) is 40.5 Å². The number of rotatable bonds is 5. The Bertz CT molecular complexity index is 886. The summed E-state index contributed by atoms with van der Waals surface area (Å²) in [7, 11) is 0. The van der Waals surface area contributed by atoms with Gasteiger partial charge in [-0.1, -0.05) is 36.4 Å². The number of carbonyl (C=O) groups is 3. The molecule has 0 aromatic heterocycles. The summed E-state index contributed by atoms with van der Waals surface area (Å²) in [5, 5.41) is 12.3. The van der Waals surface area contributed by atoms with Gasteiger partial charge in [0.15, 0.2) is 0 Å². The first kappa shape index (κ1) is 19.6. The van der Waals surface area contributed by atoms with Crippen molar-refractivity contribution >= 4 is 17.8 Å². The van der Waals surface area contributed by atoms with Crippen molar-refractivity contribution in [3.05, 3.63) is 59.7 Å². The third-order valence-corrected chi connectivity index (χ3v) is 5.15. The fourth-order valence-corrected chi connectivity index (χ4v) is 3.61. The Morgan fingerprint density at radius 2 is 1.50 bits per heavy atom. The smallest absolute Gasteiger partial charge is 0.336 e. The third-order valence-electron chi connectivity index (χ3n) is 5.15. The molecule has 146 valence electrons. The SMILES string of the molecule is CC(=O)NCC1CCN(C(=O)c2ccccc2-c2ccccc2C(=O)O)CC1. The zero-order valence-corrected chi connectivity index (χ0v) is 15.9. The predicted molar refractivity (Wildman–Crippen MR) is 106 cm³/mol. The maximum atomic E-state index is 13.2. The molecule has 2 aromatic rings. The Morgan fingerprint density at radius 1 is 0.964 bits per heavy atom. The predicted octanol–water partition coefficient (Wildman–Crippen LogP) is 3.04. The molecule has 0 bridgehead atoms. The standard InChI is InChI=1S/C22H24N2O4/c1-15(25)23-14-16-10-12-24(13-11-16)21(26)19-8-4-2-6-17(19)18-7-3-5-9-20(18)22(27)28/h2-9,16H,10-14H2,1H3,(H,23,25)(H,27,28). The second-order valence-electron chi connectivity index (χ2n) is 7.07. The van der Waals surface area contributed by atoms with Gasteiger partial charge in [0.1, 0.15) is 0 Å². The summed E-state index contributed by atoms with van der Waals surface area (Å²) in [6, 6.07) is 13.9. The normalized spacial score (nSPS) is 14.5. The minimum absolute atomic E-state index is 0.0375. The quantitative estimate of drug-likeness (QED) is 0.835. The van der Waals surface area contributed by atoms with Crippen LogP contribution in [0.25, 0.3) is 11.1 Å². The molecule has 1 heterocycles. The largest absolute Gasteiger partial charge is 0.478 e. The van der Waals surface area contributed by atoms with E-state index in [2.05, 4.69) is 5.32 Å². The van der Waals surface area contributed by atoms with Crippen LogP contribution in [0.4, 0.5) is 0 Å². The van der Waals surface area contributed by atoms with E-state index in [9.17, 15) is 19.5 Å². The van der Waals surface area contributed by atoms with E-state index < -0.39 is 5.97 Å². The molecule has 0 saturated carbocycles. The Balaban J connectivity index is 1.80. The molecule has 2 amide bonds. The monoisotopic (exact) mass is 380 g/mol. The molecule has 0 atom stereocenters. The van der Waals surface area contributed by atoms with Crippen LogP contribution in [-0.2, 0) is 4.79 Å². The highest BCUT2D eigenvalue weighted by molar-refractivity contribution is 6.04. The molecular weight excluding hydrogens is 356 g/mol. The highest BCUT2D eigenvalue weighted by Crippen LogP contribution is 2.29. The van der Waals surface area contributed by atoms with E-state index in [1.807, 2.05) is 11.0 Å². The zero-order valence-electron chi connectivity index (χ0n) is 15.9. The van der Waals surface area contributed by atoms with Crippen molar-refractivity contribution in [1.82, 2.24) is 10.2 Å². The number of aromatic carboxylic acids is 1. The van der Waals surface area contributed by atoms with Crippen molar-refractivity contribution in [3.8, 4) is 11.1 Å². The molecule has 0 unspecified atom stereocenters.